The molecule has 1 aliphatic rings. The largest absolute Gasteiger partial charge is 0.468 e. The summed E-state index contributed by atoms with van der Waals surface area (Å²) in [6.07, 6.45) is 3.31. The number of para-hydroxylation sites is 1. The van der Waals surface area contributed by atoms with E-state index in [0.717, 1.165) is 24.6 Å². The van der Waals surface area contributed by atoms with Gasteiger partial charge in [0.1, 0.15) is 6.54 Å². The van der Waals surface area contributed by atoms with Crippen molar-refractivity contribution in [2.24, 2.45) is 11.8 Å². The second-order valence-corrected chi connectivity index (χ2v) is 8.55. The Morgan fingerprint density at radius 1 is 1.28 bits per heavy atom. The molecule has 8 heteroatoms. The summed E-state index contributed by atoms with van der Waals surface area (Å²) in [6, 6.07) is 7.14. The summed E-state index contributed by atoms with van der Waals surface area (Å²) >= 11 is 1.16. The van der Waals surface area contributed by atoms with E-state index in [4.69, 9.17) is 4.74 Å². The minimum atomic E-state index is -0.541. The smallest absolute Gasteiger partial charge is 0.325 e. The fraction of sp³-hybridized carbons (Fsp3) is 0.524. The van der Waals surface area contributed by atoms with Crippen LogP contribution in [0.3, 0.4) is 0 Å². The highest BCUT2D eigenvalue weighted by Gasteiger charge is 2.28. The van der Waals surface area contributed by atoms with Crippen LogP contribution in [0.2, 0.25) is 0 Å². The standard InChI is InChI=1S/C21H27N3O4S/c1-13-7-6-10-16(14(13)2)22-18(25)12-29-21-23-17-9-5-4-8-15(17)20(27)24(21)11-19(26)28-3/h4-5,8-9,13-14,16H,6-7,10-12H2,1-3H3,(H,22,25)/t13-,14-,16+/m1/s1. The van der Waals surface area contributed by atoms with Crippen LogP contribution in [-0.2, 0) is 20.9 Å². The lowest BCUT2D eigenvalue weighted by Crippen LogP contribution is -2.44. The van der Waals surface area contributed by atoms with Crippen molar-refractivity contribution in [1.29, 1.82) is 0 Å². The summed E-state index contributed by atoms with van der Waals surface area (Å²) < 4.78 is 5.98. The van der Waals surface area contributed by atoms with Gasteiger partial charge in [0.25, 0.3) is 5.56 Å². The van der Waals surface area contributed by atoms with E-state index in [-0.39, 0.29) is 29.8 Å². The van der Waals surface area contributed by atoms with E-state index in [9.17, 15) is 14.4 Å². The summed E-state index contributed by atoms with van der Waals surface area (Å²) in [5.74, 6) is 0.528. The van der Waals surface area contributed by atoms with Crippen LogP contribution in [0.1, 0.15) is 33.1 Å². The summed E-state index contributed by atoms with van der Waals surface area (Å²) in [5.41, 5.74) is 0.217. The monoisotopic (exact) mass is 417 g/mol. The maximum atomic E-state index is 12.8. The molecule has 1 aliphatic carbocycles. The predicted octanol–water partition coefficient (Wildman–Crippen LogP) is 2.60. The van der Waals surface area contributed by atoms with Gasteiger partial charge in [0, 0.05) is 6.04 Å². The van der Waals surface area contributed by atoms with Crippen LogP contribution in [-0.4, -0.2) is 40.3 Å². The number of ether oxygens (including phenoxy) is 1. The van der Waals surface area contributed by atoms with Crippen LogP contribution in [0.25, 0.3) is 10.9 Å². The molecule has 1 N–H and O–H groups in total. The fourth-order valence-corrected chi connectivity index (χ4v) is 4.56. The van der Waals surface area contributed by atoms with Crippen LogP contribution >= 0.6 is 11.8 Å². The first-order valence-corrected chi connectivity index (χ1v) is 10.9. The number of carbonyl (C=O) groups is 2. The number of hydrogen-bond donors (Lipinski definition) is 1. The van der Waals surface area contributed by atoms with Crippen molar-refractivity contribution in [3.05, 3.63) is 34.6 Å². The number of nitrogens with one attached hydrogen (secondary N) is 1. The van der Waals surface area contributed by atoms with Gasteiger partial charge in [-0.1, -0.05) is 50.6 Å². The summed E-state index contributed by atoms with van der Waals surface area (Å²) in [6.45, 7) is 4.16. The van der Waals surface area contributed by atoms with Crippen LogP contribution in [0.15, 0.2) is 34.2 Å². The molecule has 1 aromatic carbocycles. The average Bonchev–Trinajstić information content (AvgIpc) is 2.72. The van der Waals surface area contributed by atoms with Crippen molar-refractivity contribution in [1.82, 2.24) is 14.9 Å². The molecular formula is C21H27N3O4S. The number of nitrogens with zero attached hydrogens (tertiary/aromatic N) is 2. The van der Waals surface area contributed by atoms with E-state index in [0.29, 0.717) is 27.9 Å². The third-order valence-corrected chi connectivity index (χ3v) is 6.70. The van der Waals surface area contributed by atoms with Gasteiger partial charge in [0.2, 0.25) is 5.91 Å². The number of hydrogen-bond acceptors (Lipinski definition) is 6. The third-order valence-electron chi connectivity index (χ3n) is 5.73. The highest BCUT2D eigenvalue weighted by molar-refractivity contribution is 7.99. The molecule has 0 aliphatic heterocycles. The molecule has 2 aromatic rings. The molecule has 0 saturated heterocycles. The topological polar surface area (TPSA) is 90.3 Å². The number of methoxy groups -OCH3 is 1. The Bertz CT molecular complexity index is 959. The number of fused-ring (bicyclic) bond motifs is 1. The van der Waals surface area contributed by atoms with E-state index in [1.165, 1.54) is 18.1 Å². The molecule has 1 saturated carbocycles. The zero-order valence-electron chi connectivity index (χ0n) is 17.0. The van der Waals surface area contributed by atoms with Gasteiger partial charge >= 0.3 is 5.97 Å². The van der Waals surface area contributed by atoms with E-state index < -0.39 is 5.97 Å². The molecule has 3 rings (SSSR count). The first-order chi connectivity index (χ1) is 13.9. The number of rotatable bonds is 6. The lowest BCUT2D eigenvalue weighted by Gasteiger charge is -2.34. The van der Waals surface area contributed by atoms with Gasteiger partial charge in [-0.25, -0.2) is 4.98 Å². The number of thioether (sulfide) groups is 1. The van der Waals surface area contributed by atoms with Crippen molar-refractivity contribution < 1.29 is 14.3 Å². The Labute approximate surface area is 174 Å². The Hall–Kier alpha value is -2.35. The van der Waals surface area contributed by atoms with Gasteiger partial charge in [0.15, 0.2) is 5.16 Å². The number of aromatic nitrogens is 2. The molecule has 29 heavy (non-hydrogen) atoms. The minimum absolute atomic E-state index is 0.0898. The lowest BCUT2D eigenvalue weighted by atomic mass is 9.78. The first kappa shape index (κ1) is 21.4. The van der Waals surface area contributed by atoms with Gasteiger partial charge in [-0.2, -0.15) is 0 Å². The number of carbonyl (C=O) groups excluding carboxylic acids is 2. The molecule has 0 bridgehead atoms. The second-order valence-electron chi connectivity index (χ2n) is 7.61. The Morgan fingerprint density at radius 3 is 2.79 bits per heavy atom. The number of esters is 1. The Balaban J connectivity index is 1.77. The molecule has 156 valence electrons. The van der Waals surface area contributed by atoms with Crippen molar-refractivity contribution in [2.75, 3.05) is 12.9 Å². The lowest BCUT2D eigenvalue weighted by molar-refractivity contribution is -0.141. The highest BCUT2D eigenvalue weighted by atomic mass is 32.2. The molecule has 0 radical (unpaired) electrons. The van der Waals surface area contributed by atoms with Gasteiger partial charge in [-0.3, -0.25) is 19.0 Å². The van der Waals surface area contributed by atoms with Gasteiger partial charge in [-0.15, -0.1) is 0 Å². The molecule has 3 atom stereocenters. The zero-order chi connectivity index (χ0) is 21.0. The fourth-order valence-electron chi connectivity index (χ4n) is 3.76. The summed E-state index contributed by atoms with van der Waals surface area (Å²) in [4.78, 5) is 41.7. The molecule has 1 aromatic heterocycles. The van der Waals surface area contributed by atoms with Gasteiger partial charge in [-0.05, 0) is 30.4 Å². The van der Waals surface area contributed by atoms with E-state index >= 15 is 0 Å². The quantitative estimate of drug-likeness (QED) is 0.441. The molecule has 1 fully saturated rings. The maximum Gasteiger partial charge on any atom is 0.325 e. The number of amides is 1. The normalized spacial score (nSPS) is 21.7. The third kappa shape index (κ3) is 4.98. The Morgan fingerprint density at radius 2 is 2.03 bits per heavy atom. The van der Waals surface area contributed by atoms with Crippen molar-refractivity contribution in [2.45, 2.75) is 50.9 Å². The highest BCUT2D eigenvalue weighted by Crippen LogP contribution is 2.29. The molecular weight excluding hydrogens is 390 g/mol. The van der Waals surface area contributed by atoms with E-state index in [1.54, 1.807) is 24.3 Å². The van der Waals surface area contributed by atoms with Crippen molar-refractivity contribution in [3.63, 3.8) is 0 Å². The van der Waals surface area contributed by atoms with Crippen LogP contribution in [0.5, 0.6) is 0 Å². The van der Waals surface area contributed by atoms with Crippen LogP contribution < -0.4 is 10.9 Å². The van der Waals surface area contributed by atoms with Crippen molar-refractivity contribution in [3.8, 4) is 0 Å². The van der Waals surface area contributed by atoms with Gasteiger partial charge in [0.05, 0.1) is 23.8 Å². The molecule has 0 spiro atoms. The van der Waals surface area contributed by atoms with E-state index in [2.05, 4.69) is 24.1 Å². The second kappa shape index (κ2) is 9.43. The number of benzene rings is 1. The van der Waals surface area contributed by atoms with E-state index in [1.807, 2.05) is 0 Å². The zero-order valence-corrected chi connectivity index (χ0v) is 17.8. The molecule has 1 amide bonds. The van der Waals surface area contributed by atoms with Crippen LogP contribution in [0, 0.1) is 11.8 Å². The average molecular weight is 418 g/mol. The Kier molecular flexibility index (Phi) is 6.95. The maximum absolute atomic E-state index is 12.8. The van der Waals surface area contributed by atoms with Gasteiger partial charge < -0.3 is 10.1 Å². The predicted molar refractivity (Wildman–Crippen MR) is 113 cm³/mol. The molecule has 7 nitrogen and oxygen atoms in total. The SMILES string of the molecule is COC(=O)Cn1c(SCC(=O)N[C@H]2CCC[C@@H](C)[C@H]2C)nc2ccccc2c1=O. The summed E-state index contributed by atoms with van der Waals surface area (Å²) in [7, 11) is 1.27. The first-order valence-electron chi connectivity index (χ1n) is 9.89. The van der Waals surface area contributed by atoms with Crippen LogP contribution in [0.4, 0.5) is 0 Å². The molecule has 0 unspecified atom stereocenters. The molecule has 1 heterocycles. The van der Waals surface area contributed by atoms with Crippen molar-refractivity contribution >= 4 is 34.5 Å². The summed E-state index contributed by atoms with van der Waals surface area (Å²) in [5, 5.41) is 3.88. The minimum Gasteiger partial charge on any atom is -0.468 e.